The van der Waals surface area contributed by atoms with Gasteiger partial charge in [0.15, 0.2) is 11.6 Å². The zero-order valence-electron chi connectivity index (χ0n) is 9.91. The summed E-state index contributed by atoms with van der Waals surface area (Å²) >= 11 is 3.41. The van der Waals surface area contributed by atoms with Crippen LogP contribution in [0.4, 0.5) is 10.1 Å². The Bertz CT molecular complexity index is 488. The predicted molar refractivity (Wildman–Crippen MR) is 68.7 cm³/mol. The number of nitrogens with zero attached hydrogens (tertiary/aromatic N) is 1. The van der Waals surface area contributed by atoms with E-state index in [1.165, 1.54) is 6.07 Å². The molecule has 98 valence electrons. The van der Waals surface area contributed by atoms with E-state index in [0.29, 0.717) is 12.2 Å². The molecular weight excluding hydrogens is 305 g/mol. The molecule has 1 saturated carbocycles. The number of benzene rings is 1. The van der Waals surface area contributed by atoms with Crippen LogP contribution in [0, 0.1) is 28.3 Å². The molecular formula is C12H13BrFNO3. The van der Waals surface area contributed by atoms with Crippen LogP contribution in [0.5, 0.6) is 5.75 Å². The fraction of sp³-hybridized carbons (Fsp3) is 0.500. The number of nitro groups is 1. The Morgan fingerprint density at radius 1 is 1.56 bits per heavy atom. The summed E-state index contributed by atoms with van der Waals surface area (Å²) in [5.74, 6) is -0.594. The van der Waals surface area contributed by atoms with Crippen LogP contribution in [0.1, 0.15) is 18.4 Å². The largest absolute Gasteiger partial charge is 0.490 e. The van der Waals surface area contributed by atoms with E-state index in [0.717, 1.165) is 24.2 Å². The maximum atomic E-state index is 13.6. The van der Waals surface area contributed by atoms with Gasteiger partial charge in [0.2, 0.25) is 0 Å². The molecule has 0 unspecified atom stereocenters. The Labute approximate surface area is 112 Å². The van der Waals surface area contributed by atoms with E-state index in [2.05, 4.69) is 15.9 Å². The van der Waals surface area contributed by atoms with Gasteiger partial charge < -0.3 is 4.74 Å². The lowest BCUT2D eigenvalue weighted by atomic mass is 10.1. The first-order chi connectivity index (χ1) is 8.47. The van der Waals surface area contributed by atoms with E-state index in [4.69, 9.17) is 4.74 Å². The number of nitro benzene ring substituents is 1. The number of aryl methyl sites for hydroxylation is 1. The summed E-state index contributed by atoms with van der Waals surface area (Å²) in [4.78, 5) is 10.1. The Hall–Kier alpha value is -1.17. The first kappa shape index (κ1) is 13.3. The lowest BCUT2D eigenvalue weighted by Gasteiger charge is -2.14. The normalized spacial score (nSPS) is 16.4. The molecule has 0 N–H and O–H groups in total. The minimum absolute atomic E-state index is 0.0883. The fourth-order valence-corrected chi connectivity index (χ4v) is 2.40. The second kappa shape index (κ2) is 4.84. The molecule has 1 aliphatic rings. The second-order valence-corrected chi connectivity index (χ2v) is 5.31. The molecule has 18 heavy (non-hydrogen) atoms. The van der Waals surface area contributed by atoms with Gasteiger partial charge in [-0.2, -0.15) is 0 Å². The van der Waals surface area contributed by atoms with Crippen molar-refractivity contribution in [1.82, 2.24) is 0 Å². The summed E-state index contributed by atoms with van der Waals surface area (Å²) in [6.45, 7) is 2.01. The molecule has 6 heteroatoms. The van der Waals surface area contributed by atoms with Gasteiger partial charge in [-0.15, -0.1) is 0 Å². The molecule has 0 aliphatic heterocycles. The van der Waals surface area contributed by atoms with E-state index in [1.807, 2.05) is 0 Å². The van der Waals surface area contributed by atoms with Gasteiger partial charge in [0.05, 0.1) is 17.6 Å². The minimum Gasteiger partial charge on any atom is -0.490 e. The highest BCUT2D eigenvalue weighted by atomic mass is 79.9. The molecule has 1 aromatic rings. The molecule has 0 spiro atoms. The summed E-state index contributed by atoms with van der Waals surface area (Å²) < 4.78 is 19.1. The molecule has 0 bridgehead atoms. The van der Waals surface area contributed by atoms with E-state index >= 15 is 0 Å². The smallest absolute Gasteiger partial charge is 0.275 e. The van der Waals surface area contributed by atoms with Crippen molar-refractivity contribution in [1.29, 1.82) is 0 Å². The van der Waals surface area contributed by atoms with Crippen LogP contribution in [-0.4, -0.2) is 16.9 Å². The molecule has 1 fully saturated rings. The summed E-state index contributed by atoms with van der Waals surface area (Å²) in [6, 6.07) is 2.30. The van der Waals surface area contributed by atoms with Gasteiger partial charge >= 0.3 is 0 Å². The lowest BCUT2D eigenvalue weighted by molar-refractivity contribution is -0.385. The van der Waals surface area contributed by atoms with Crippen molar-refractivity contribution in [2.75, 3.05) is 11.9 Å². The van der Waals surface area contributed by atoms with E-state index < -0.39 is 10.7 Å². The van der Waals surface area contributed by atoms with Gasteiger partial charge in [-0.3, -0.25) is 10.1 Å². The number of ether oxygens (including phenoxy) is 1. The third-order valence-corrected chi connectivity index (χ3v) is 4.41. The Morgan fingerprint density at radius 2 is 2.22 bits per heavy atom. The highest BCUT2D eigenvalue weighted by Crippen LogP contribution is 2.47. The minimum atomic E-state index is -0.683. The van der Waals surface area contributed by atoms with Gasteiger partial charge in [-0.1, -0.05) is 15.9 Å². The number of hydrogen-bond acceptors (Lipinski definition) is 3. The van der Waals surface area contributed by atoms with Gasteiger partial charge in [-0.25, -0.2) is 4.39 Å². The molecule has 2 rings (SSSR count). The monoisotopic (exact) mass is 317 g/mol. The van der Waals surface area contributed by atoms with Crippen LogP contribution in [-0.2, 0) is 0 Å². The molecule has 0 aromatic heterocycles. The summed E-state index contributed by atoms with van der Waals surface area (Å²) in [6.07, 6.45) is 2.12. The van der Waals surface area contributed by atoms with Gasteiger partial charge in [0.1, 0.15) is 0 Å². The van der Waals surface area contributed by atoms with E-state index in [9.17, 15) is 14.5 Å². The summed E-state index contributed by atoms with van der Waals surface area (Å²) in [5, 5.41) is 11.5. The average molecular weight is 318 g/mol. The van der Waals surface area contributed by atoms with Gasteiger partial charge in [0.25, 0.3) is 5.69 Å². The molecule has 1 aromatic carbocycles. The molecule has 0 radical (unpaired) electrons. The van der Waals surface area contributed by atoms with E-state index in [-0.39, 0.29) is 16.9 Å². The van der Waals surface area contributed by atoms with Crippen LogP contribution in [0.15, 0.2) is 12.1 Å². The van der Waals surface area contributed by atoms with Crippen LogP contribution in [0.2, 0.25) is 0 Å². The number of halogens is 2. The average Bonchev–Trinajstić information content (AvgIpc) is 3.10. The standard InChI is InChI=1S/C12H13BrFNO3/c1-8-4-11(9(14)5-10(8)15(16)17)18-7-12(6-13)2-3-12/h4-5H,2-3,6-7H2,1H3. The fourth-order valence-electron chi connectivity index (χ4n) is 1.68. The highest BCUT2D eigenvalue weighted by molar-refractivity contribution is 9.09. The third-order valence-electron chi connectivity index (χ3n) is 3.22. The van der Waals surface area contributed by atoms with Crippen LogP contribution >= 0.6 is 15.9 Å². The van der Waals surface area contributed by atoms with Crippen molar-refractivity contribution in [2.24, 2.45) is 5.41 Å². The zero-order valence-corrected chi connectivity index (χ0v) is 11.5. The van der Waals surface area contributed by atoms with Crippen molar-refractivity contribution in [2.45, 2.75) is 19.8 Å². The first-order valence-corrected chi connectivity index (χ1v) is 6.73. The zero-order chi connectivity index (χ0) is 13.3. The third kappa shape index (κ3) is 2.63. The molecule has 0 amide bonds. The quantitative estimate of drug-likeness (QED) is 0.473. The van der Waals surface area contributed by atoms with Crippen molar-refractivity contribution >= 4 is 21.6 Å². The van der Waals surface area contributed by atoms with Crippen LogP contribution in [0.25, 0.3) is 0 Å². The van der Waals surface area contributed by atoms with Gasteiger partial charge in [0, 0.05) is 16.3 Å². The summed E-state index contributed by atoms with van der Waals surface area (Å²) in [7, 11) is 0. The van der Waals surface area contributed by atoms with E-state index in [1.54, 1.807) is 6.92 Å². The molecule has 4 nitrogen and oxygen atoms in total. The first-order valence-electron chi connectivity index (χ1n) is 5.61. The molecule has 0 saturated heterocycles. The topological polar surface area (TPSA) is 52.4 Å². The van der Waals surface area contributed by atoms with Crippen molar-refractivity contribution in [3.05, 3.63) is 33.6 Å². The maximum absolute atomic E-state index is 13.6. The lowest BCUT2D eigenvalue weighted by Crippen LogP contribution is -2.15. The SMILES string of the molecule is Cc1cc(OCC2(CBr)CC2)c(F)cc1[N+](=O)[O-]. The predicted octanol–water partition coefficient (Wildman–Crippen LogP) is 3.60. The van der Waals surface area contributed by atoms with Crippen molar-refractivity contribution < 1.29 is 14.1 Å². The number of hydrogen-bond donors (Lipinski definition) is 0. The Balaban J connectivity index is 2.14. The molecule has 0 atom stereocenters. The van der Waals surface area contributed by atoms with Crippen molar-refractivity contribution in [3.8, 4) is 5.75 Å². The highest BCUT2D eigenvalue weighted by Gasteiger charge is 2.42. The van der Waals surface area contributed by atoms with Crippen LogP contribution < -0.4 is 4.74 Å². The summed E-state index contributed by atoms with van der Waals surface area (Å²) in [5.41, 5.74) is 0.295. The molecule has 0 heterocycles. The Kier molecular flexibility index (Phi) is 3.56. The second-order valence-electron chi connectivity index (χ2n) is 4.75. The number of alkyl halides is 1. The number of rotatable bonds is 5. The van der Waals surface area contributed by atoms with Gasteiger partial charge in [-0.05, 0) is 25.8 Å². The Morgan fingerprint density at radius 3 is 2.72 bits per heavy atom. The molecule has 1 aliphatic carbocycles. The van der Waals surface area contributed by atoms with Crippen LogP contribution in [0.3, 0.4) is 0 Å². The maximum Gasteiger partial charge on any atom is 0.275 e. The van der Waals surface area contributed by atoms with Crippen molar-refractivity contribution in [3.63, 3.8) is 0 Å².